The number of hydrogen-bond donors (Lipinski definition) is 3. The third-order valence-electron chi connectivity index (χ3n) is 3.20. The van der Waals surface area contributed by atoms with Gasteiger partial charge in [0, 0.05) is 28.7 Å². The molecule has 0 fully saturated rings. The van der Waals surface area contributed by atoms with Gasteiger partial charge in [0.15, 0.2) is 0 Å². The van der Waals surface area contributed by atoms with Gasteiger partial charge in [-0.05, 0) is 35.7 Å². The van der Waals surface area contributed by atoms with E-state index in [4.69, 9.17) is 11.6 Å². The number of H-pyrrole nitrogens is 1. The number of aliphatic hydroxyl groups is 1. The first kappa shape index (κ1) is 14.1. The highest BCUT2D eigenvalue weighted by atomic mass is 35.5. The van der Waals surface area contributed by atoms with Crippen LogP contribution < -0.4 is 5.32 Å². The van der Waals surface area contributed by atoms with E-state index in [1.54, 1.807) is 24.3 Å². The SMILES string of the molecule is O=C(NC[C@@H](O)c1ccc(Cl)s1)c1ccc2cc[nH]c2c1. The van der Waals surface area contributed by atoms with E-state index in [1.807, 2.05) is 18.3 Å². The summed E-state index contributed by atoms with van der Waals surface area (Å²) in [6.07, 6.45) is 1.08. The Bertz CT molecular complexity index is 781. The second-order valence-corrected chi connectivity index (χ2v) is 6.39. The van der Waals surface area contributed by atoms with Crippen LogP contribution in [0.3, 0.4) is 0 Å². The summed E-state index contributed by atoms with van der Waals surface area (Å²) in [5.41, 5.74) is 1.47. The average molecular weight is 321 g/mol. The van der Waals surface area contributed by atoms with E-state index in [0.29, 0.717) is 9.90 Å². The first-order chi connectivity index (χ1) is 10.1. The van der Waals surface area contributed by atoms with Gasteiger partial charge in [0.05, 0.1) is 4.34 Å². The predicted molar refractivity (Wildman–Crippen MR) is 84.9 cm³/mol. The van der Waals surface area contributed by atoms with Crippen molar-refractivity contribution in [3.05, 3.63) is 57.4 Å². The quantitative estimate of drug-likeness (QED) is 0.690. The first-order valence-corrected chi connectivity index (χ1v) is 7.61. The summed E-state index contributed by atoms with van der Waals surface area (Å²) >= 11 is 7.13. The van der Waals surface area contributed by atoms with E-state index in [9.17, 15) is 9.90 Å². The van der Waals surface area contributed by atoms with Crippen LogP contribution in [0.1, 0.15) is 21.3 Å². The number of aromatic nitrogens is 1. The molecule has 0 saturated carbocycles. The van der Waals surface area contributed by atoms with Crippen LogP contribution in [0.2, 0.25) is 4.34 Å². The maximum atomic E-state index is 12.1. The smallest absolute Gasteiger partial charge is 0.251 e. The Balaban J connectivity index is 1.65. The molecule has 0 saturated heterocycles. The number of fused-ring (bicyclic) bond motifs is 1. The minimum atomic E-state index is -0.749. The van der Waals surface area contributed by atoms with Crippen molar-refractivity contribution in [2.24, 2.45) is 0 Å². The number of amides is 1. The summed E-state index contributed by atoms with van der Waals surface area (Å²) in [5, 5.41) is 13.8. The number of carbonyl (C=O) groups is 1. The molecular weight excluding hydrogens is 308 g/mol. The Morgan fingerprint density at radius 2 is 2.19 bits per heavy atom. The van der Waals surface area contributed by atoms with E-state index < -0.39 is 6.10 Å². The zero-order chi connectivity index (χ0) is 14.8. The second kappa shape index (κ2) is 5.89. The van der Waals surface area contributed by atoms with Crippen LogP contribution in [0.5, 0.6) is 0 Å². The van der Waals surface area contributed by atoms with Gasteiger partial charge in [0.2, 0.25) is 0 Å². The number of thiophene rings is 1. The maximum absolute atomic E-state index is 12.1. The molecule has 3 aromatic rings. The number of hydrogen-bond acceptors (Lipinski definition) is 3. The van der Waals surface area contributed by atoms with Crippen molar-refractivity contribution in [1.29, 1.82) is 0 Å². The third kappa shape index (κ3) is 3.10. The summed E-state index contributed by atoms with van der Waals surface area (Å²) < 4.78 is 0.618. The molecule has 1 aromatic carbocycles. The van der Waals surface area contributed by atoms with Crippen molar-refractivity contribution >= 4 is 39.7 Å². The highest BCUT2D eigenvalue weighted by molar-refractivity contribution is 7.16. The van der Waals surface area contributed by atoms with Crippen LogP contribution in [0.4, 0.5) is 0 Å². The van der Waals surface area contributed by atoms with Gasteiger partial charge in [0.25, 0.3) is 5.91 Å². The molecule has 0 aliphatic carbocycles. The molecule has 0 spiro atoms. The van der Waals surface area contributed by atoms with E-state index in [-0.39, 0.29) is 12.5 Å². The zero-order valence-electron chi connectivity index (χ0n) is 11.0. The fraction of sp³-hybridized carbons (Fsp3) is 0.133. The van der Waals surface area contributed by atoms with Gasteiger partial charge >= 0.3 is 0 Å². The molecule has 1 amide bonds. The second-order valence-electron chi connectivity index (χ2n) is 4.65. The van der Waals surface area contributed by atoms with Crippen LogP contribution in [0, 0.1) is 0 Å². The molecule has 6 heteroatoms. The van der Waals surface area contributed by atoms with Crippen molar-refractivity contribution in [1.82, 2.24) is 10.3 Å². The van der Waals surface area contributed by atoms with Crippen LogP contribution in [-0.2, 0) is 0 Å². The van der Waals surface area contributed by atoms with E-state index in [0.717, 1.165) is 15.8 Å². The molecule has 3 rings (SSSR count). The number of rotatable bonds is 4. The first-order valence-electron chi connectivity index (χ1n) is 6.42. The molecule has 108 valence electrons. The number of aliphatic hydroxyl groups excluding tert-OH is 1. The third-order valence-corrected chi connectivity index (χ3v) is 4.53. The average Bonchev–Trinajstić information content (AvgIpc) is 3.12. The summed E-state index contributed by atoms with van der Waals surface area (Å²) in [6.45, 7) is 0.151. The predicted octanol–water partition coefficient (Wildman–Crippen LogP) is 3.35. The fourth-order valence-electron chi connectivity index (χ4n) is 2.09. The Morgan fingerprint density at radius 1 is 1.33 bits per heavy atom. The molecule has 0 radical (unpaired) electrons. The van der Waals surface area contributed by atoms with Gasteiger partial charge in [-0.25, -0.2) is 0 Å². The highest BCUT2D eigenvalue weighted by Gasteiger charge is 2.13. The summed E-state index contributed by atoms with van der Waals surface area (Å²) in [5.74, 6) is -0.215. The summed E-state index contributed by atoms with van der Waals surface area (Å²) in [4.78, 5) is 15.9. The summed E-state index contributed by atoms with van der Waals surface area (Å²) in [6, 6.07) is 10.9. The summed E-state index contributed by atoms with van der Waals surface area (Å²) in [7, 11) is 0. The largest absolute Gasteiger partial charge is 0.386 e. The Labute approximate surface area is 130 Å². The van der Waals surface area contributed by atoms with Gasteiger partial charge in [-0.1, -0.05) is 17.7 Å². The molecular formula is C15H13ClN2O2S. The number of nitrogens with one attached hydrogen (secondary N) is 2. The van der Waals surface area contributed by atoms with Gasteiger partial charge in [0.1, 0.15) is 6.10 Å². The van der Waals surface area contributed by atoms with Gasteiger partial charge in [-0.15, -0.1) is 11.3 Å². The van der Waals surface area contributed by atoms with Gasteiger partial charge < -0.3 is 15.4 Å². The van der Waals surface area contributed by atoms with Gasteiger partial charge in [-0.3, -0.25) is 4.79 Å². The number of aromatic amines is 1. The van der Waals surface area contributed by atoms with Crippen LogP contribution in [0.25, 0.3) is 10.9 Å². The number of carbonyl (C=O) groups excluding carboxylic acids is 1. The number of benzene rings is 1. The topological polar surface area (TPSA) is 65.1 Å². The normalized spacial score (nSPS) is 12.5. The lowest BCUT2D eigenvalue weighted by Crippen LogP contribution is -2.28. The van der Waals surface area contributed by atoms with Crippen molar-refractivity contribution in [3.8, 4) is 0 Å². The van der Waals surface area contributed by atoms with Crippen LogP contribution in [-0.4, -0.2) is 22.5 Å². The minimum absolute atomic E-state index is 0.151. The zero-order valence-corrected chi connectivity index (χ0v) is 12.5. The van der Waals surface area contributed by atoms with Crippen molar-refractivity contribution in [2.75, 3.05) is 6.54 Å². The van der Waals surface area contributed by atoms with E-state index in [1.165, 1.54) is 11.3 Å². The standard InChI is InChI=1S/C15H13ClN2O2S/c16-14-4-3-13(21-14)12(19)8-18-15(20)10-2-1-9-5-6-17-11(9)7-10/h1-7,12,17,19H,8H2,(H,18,20)/t12-/m1/s1. The molecule has 21 heavy (non-hydrogen) atoms. The van der Waals surface area contributed by atoms with Crippen molar-refractivity contribution in [3.63, 3.8) is 0 Å². The Hall–Kier alpha value is -1.82. The molecule has 2 heterocycles. The van der Waals surface area contributed by atoms with Crippen molar-refractivity contribution < 1.29 is 9.90 Å². The van der Waals surface area contributed by atoms with Crippen LogP contribution in [0.15, 0.2) is 42.6 Å². The molecule has 0 aliphatic rings. The van der Waals surface area contributed by atoms with Gasteiger partial charge in [-0.2, -0.15) is 0 Å². The molecule has 4 nitrogen and oxygen atoms in total. The van der Waals surface area contributed by atoms with Crippen molar-refractivity contribution in [2.45, 2.75) is 6.10 Å². The minimum Gasteiger partial charge on any atom is -0.386 e. The molecule has 3 N–H and O–H groups in total. The fourth-order valence-corrected chi connectivity index (χ4v) is 3.14. The lowest BCUT2D eigenvalue weighted by molar-refractivity contribution is 0.0918. The monoisotopic (exact) mass is 320 g/mol. The molecule has 0 unspecified atom stereocenters. The Kier molecular flexibility index (Phi) is 3.96. The number of halogens is 1. The van der Waals surface area contributed by atoms with E-state index in [2.05, 4.69) is 10.3 Å². The van der Waals surface area contributed by atoms with Crippen LogP contribution >= 0.6 is 22.9 Å². The molecule has 1 atom stereocenters. The maximum Gasteiger partial charge on any atom is 0.251 e. The van der Waals surface area contributed by atoms with E-state index >= 15 is 0 Å². The molecule has 0 aliphatic heterocycles. The lowest BCUT2D eigenvalue weighted by atomic mass is 10.1. The molecule has 0 bridgehead atoms. The highest BCUT2D eigenvalue weighted by Crippen LogP contribution is 2.26. The lowest BCUT2D eigenvalue weighted by Gasteiger charge is -2.10. The Morgan fingerprint density at radius 3 is 2.95 bits per heavy atom. The molecule has 2 aromatic heterocycles.